The van der Waals surface area contributed by atoms with Gasteiger partial charge in [-0.2, -0.15) is 0 Å². The average Bonchev–Trinajstić information content (AvgIpc) is 2.74. The van der Waals surface area contributed by atoms with Crippen LogP contribution in [0.4, 0.5) is 0 Å². The molecule has 2 aliphatic rings. The van der Waals surface area contributed by atoms with Crippen molar-refractivity contribution in [1.29, 1.82) is 0 Å². The van der Waals surface area contributed by atoms with Crippen LogP contribution in [0.3, 0.4) is 0 Å². The fourth-order valence-electron chi connectivity index (χ4n) is 3.56. The summed E-state index contributed by atoms with van der Waals surface area (Å²) in [7, 11) is 0. The second-order valence-electron chi connectivity index (χ2n) is 5.13. The zero-order valence-electron chi connectivity index (χ0n) is 9.75. The van der Waals surface area contributed by atoms with Crippen LogP contribution in [-0.2, 0) is 4.74 Å². The molecule has 0 bridgehead atoms. The first-order valence-electron chi connectivity index (χ1n) is 6.03. The average molecular weight is 197 g/mol. The lowest BCUT2D eigenvalue weighted by molar-refractivity contribution is 0.0630. The lowest BCUT2D eigenvalue weighted by Gasteiger charge is -2.39. The number of rotatable bonds is 2. The van der Waals surface area contributed by atoms with Crippen molar-refractivity contribution in [1.82, 2.24) is 4.90 Å². The van der Waals surface area contributed by atoms with Crippen molar-refractivity contribution in [2.75, 3.05) is 26.3 Å². The Morgan fingerprint density at radius 1 is 1.50 bits per heavy atom. The van der Waals surface area contributed by atoms with E-state index >= 15 is 0 Å². The molecule has 0 aromatic carbocycles. The Labute approximate surface area is 87.6 Å². The lowest BCUT2D eigenvalue weighted by atomic mass is 9.77. The molecule has 2 saturated heterocycles. The summed E-state index contributed by atoms with van der Waals surface area (Å²) in [6.45, 7) is 11.4. The van der Waals surface area contributed by atoms with E-state index in [0.29, 0.717) is 5.54 Å². The van der Waals surface area contributed by atoms with E-state index in [2.05, 4.69) is 25.7 Å². The number of nitrogens with zero attached hydrogens (tertiary/aromatic N) is 1. The monoisotopic (exact) mass is 197 g/mol. The molecule has 2 aliphatic heterocycles. The third-order valence-corrected chi connectivity index (χ3v) is 4.25. The zero-order chi connectivity index (χ0) is 10.2. The van der Waals surface area contributed by atoms with E-state index in [9.17, 15) is 0 Å². The van der Waals surface area contributed by atoms with Crippen molar-refractivity contribution in [3.05, 3.63) is 0 Å². The quantitative estimate of drug-likeness (QED) is 0.672. The Hall–Kier alpha value is -0.0800. The first-order valence-corrected chi connectivity index (χ1v) is 6.03. The number of likely N-dealkylation sites (N-methyl/N-ethyl adjacent to an activating group) is 1. The second-order valence-corrected chi connectivity index (χ2v) is 5.13. The van der Waals surface area contributed by atoms with Gasteiger partial charge in [0.2, 0.25) is 0 Å². The molecule has 14 heavy (non-hydrogen) atoms. The zero-order valence-corrected chi connectivity index (χ0v) is 9.75. The summed E-state index contributed by atoms with van der Waals surface area (Å²) in [6, 6.07) is 0. The molecular weight excluding hydrogens is 174 g/mol. The summed E-state index contributed by atoms with van der Waals surface area (Å²) >= 11 is 0. The molecule has 0 aliphatic carbocycles. The predicted octanol–water partition coefficient (Wildman–Crippen LogP) is 2.14. The minimum Gasteiger partial charge on any atom is -0.379 e. The number of ether oxygens (including phenoxy) is 1. The Kier molecular flexibility index (Phi) is 2.85. The molecule has 2 fully saturated rings. The van der Waals surface area contributed by atoms with Gasteiger partial charge in [-0.3, -0.25) is 4.90 Å². The smallest absolute Gasteiger partial charge is 0.0654 e. The topological polar surface area (TPSA) is 12.5 Å². The van der Waals surface area contributed by atoms with Crippen molar-refractivity contribution in [2.24, 2.45) is 11.8 Å². The summed E-state index contributed by atoms with van der Waals surface area (Å²) in [6.07, 6.45) is 2.62. The van der Waals surface area contributed by atoms with E-state index in [0.717, 1.165) is 25.0 Å². The van der Waals surface area contributed by atoms with Gasteiger partial charge in [0.05, 0.1) is 6.61 Å². The summed E-state index contributed by atoms with van der Waals surface area (Å²) in [4.78, 5) is 2.66. The molecule has 0 saturated carbocycles. The van der Waals surface area contributed by atoms with E-state index in [4.69, 9.17) is 4.74 Å². The van der Waals surface area contributed by atoms with Crippen LogP contribution in [0.25, 0.3) is 0 Å². The molecule has 0 N–H and O–H groups in total. The maximum Gasteiger partial charge on any atom is 0.0654 e. The molecule has 2 unspecified atom stereocenters. The second kappa shape index (κ2) is 3.82. The highest BCUT2D eigenvalue weighted by Crippen LogP contribution is 2.44. The summed E-state index contributed by atoms with van der Waals surface area (Å²) in [5.41, 5.74) is 0.406. The Morgan fingerprint density at radius 2 is 2.29 bits per heavy atom. The van der Waals surface area contributed by atoms with Gasteiger partial charge in [-0.15, -0.1) is 0 Å². The van der Waals surface area contributed by atoms with Gasteiger partial charge in [0.25, 0.3) is 0 Å². The minimum atomic E-state index is 0.406. The van der Waals surface area contributed by atoms with Gasteiger partial charge in [-0.1, -0.05) is 20.8 Å². The molecule has 0 aromatic heterocycles. The van der Waals surface area contributed by atoms with Crippen LogP contribution < -0.4 is 0 Å². The van der Waals surface area contributed by atoms with Gasteiger partial charge >= 0.3 is 0 Å². The van der Waals surface area contributed by atoms with Crippen molar-refractivity contribution in [3.8, 4) is 0 Å². The minimum absolute atomic E-state index is 0.406. The molecule has 0 radical (unpaired) electrons. The first-order chi connectivity index (χ1) is 6.70. The molecule has 0 aromatic rings. The standard InChI is InChI=1S/C12H23NO/c1-4-13-7-5-11(10(2)3)12(13)6-8-14-9-12/h10-11H,4-9H2,1-3H3. The molecule has 2 rings (SSSR count). The van der Waals surface area contributed by atoms with E-state index in [1.807, 2.05) is 0 Å². The van der Waals surface area contributed by atoms with Crippen molar-refractivity contribution < 1.29 is 4.74 Å². The van der Waals surface area contributed by atoms with Crippen LogP contribution >= 0.6 is 0 Å². The number of hydrogen-bond donors (Lipinski definition) is 0. The van der Waals surface area contributed by atoms with Crippen LogP contribution in [0.1, 0.15) is 33.6 Å². The van der Waals surface area contributed by atoms with Gasteiger partial charge < -0.3 is 4.74 Å². The third kappa shape index (κ3) is 1.40. The van der Waals surface area contributed by atoms with Crippen LogP contribution in [0.5, 0.6) is 0 Å². The third-order valence-electron chi connectivity index (χ3n) is 4.25. The maximum absolute atomic E-state index is 5.65. The Balaban J connectivity index is 2.20. The van der Waals surface area contributed by atoms with E-state index < -0.39 is 0 Å². The largest absolute Gasteiger partial charge is 0.379 e. The van der Waals surface area contributed by atoms with Gasteiger partial charge in [0, 0.05) is 12.1 Å². The van der Waals surface area contributed by atoms with Gasteiger partial charge in [-0.25, -0.2) is 0 Å². The van der Waals surface area contributed by atoms with E-state index in [1.165, 1.54) is 25.9 Å². The molecule has 2 heterocycles. The van der Waals surface area contributed by atoms with Crippen molar-refractivity contribution in [3.63, 3.8) is 0 Å². The predicted molar refractivity (Wildman–Crippen MR) is 58.4 cm³/mol. The lowest BCUT2D eigenvalue weighted by Crippen LogP contribution is -2.49. The van der Waals surface area contributed by atoms with Gasteiger partial charge in [-0.05, 0) is 37.8 Å². The van der Waals surface area contributed by atoms with Crippen LogP contribution in [-0.4, -0.2) is 36.7 Å². The molecule has 2 heteroatoms. The highest BCUT2D eigenvalue weighted by Gasteiger charge is 2.51. The summed E-state index contributed by atoms with van der Waals surface area (Å²) < 4.78 is 5.65. The highest BCUT2D eigenvalue weighted by atomic mass is 16.5. The number of hydrogen-bond acceptors (Lipinski definition) is 2. The Bertz CT molecular complexity index is 196. The number of likely N-dealkylation sites (tertiary alicyclic amines) is 1. The molecule has 0 amide bonds. The van der Waals surface area contributed by atoms with E-state index in [-0.39, 0.29) is 0 Å². The first kappa shape index (κ1) is 10.4. The maximum atomic E-state index is 5.65. The fraction of sp³-hybridized carbons (Fsp3) is 1.00. The summed E-state index contributed by atoms with van der Waals surface area (Å²) in [5, 5.41) is 0. The highest BCUT2D eigenvalue weighted by molar-refractivity contribution is 5.04. The van der Waals surface area contributed by atoms with Crippen LogP contribution in [0.2, 0.25) is 0 Å². The van der Waals surface area contributed by atoms with Gasteiger partial charge in [0.15, 0.2) is 0 Å². The molecule has 2 nitrogen and oxygen atoms in total. The van der Waals surface area contributed by atoms with Gasteiger partial charge in [0.1, 0.15) is 0 Å². The molecular formula is C12H23NO. The van der Waals surface area contributed by atoms with E-state index in [1.54, 1.807) is 0 Å². The molecule has 1 spiro atoms. The summed E-state index contributed by atoms with van der Waals surface area (Å²) in [5.74, 6) is 1.65. The van der Waals surface area contributed by atoms with Crippen LogP contribution in [0.15, 0.2) is 0 Å². The fourth-order valence-corrected chi connectivity index (χ4v) is 3.56. The van der Waals surface area contributed by atoms with Crippen LogP contribution in [0, 0.1) is 11.8 Å². The molecule has 82 valence electrons. The normalized spacial score (nSPS) is 39.0. The van der Waals surface area contributed by atoms with Crippen molar-refractivity contribution >= 4 is 0 Å². The SMILES string of the molecule is CCN1CCC(C(C)C)C12CCOC2. The molecule has 2 atom stereocenters. The van der Waals surface area contributed by atoms with Crippen molar-refractivity contribution in [2.45, 2.75) is 39.2 Å². The Morgan fingerprint density at radius 3 is 2.79 bits per heavy atom.